The Hall–Kier alpha value is -1.06. The lowest BCUT2D eigenvalue weighted by Crippen LogP contribution is -2.05. The van der Waals surface area contributed by atoms with Crippen molar-refractivity contribution in [3.8, 4) is 5.75 Å². The summed E-state index contributed by atoms with van der Waals surface area (Å²) in [6, 6.07) is 6.11. The van der Waals surface area contributed by atoms with E-state index in [9.17, 15) is 0 Å². The van der Waals surface area contributed by atoms with Crippen LogP contribution in [0.25, 0.3) is 0 Å². The largest absolute Gasteiger partial charge is 0.493 e. The summed E-state index contributed by atoms with van der Waals surface area (Å²) >= 11 is 0. The molecule has 0 aliphatic carbocycles. The number of nitrogens with two attached hydrogens (primary N) is 1. The zero-order valence-electron chi connectivity index (χ0n) is 10.2. The molecule has 0 amide bonds. The van der Waals surface area contributed by atoms with Crippen molar-refractivity contribution in [2.75, 3.05) is 20.3 Å². The average molecular weight is 223 g/mol. The molecule has 0 radical (unpaired) electrons. The normalized spacial score (nSPS) is 10.4. The molecule has 1 aromatic rings. The number of rotatable bonds is 7. The van der Waals surface area contributed by atoms with Gasteiger partial charge in [-0.25, -0.2) is 0 Å². The summed E-state index contributed by atoms with van der Waals surface area (Å²) in [5.41, 5.74) is 7.96. The highest BCUT2D eigenvalue weighted by molar-refractivity contribution is 5.36. The fourth-order valence-electron chi connectivity index (χ4n) is 1.54. The summed E-state index contributed by atoms with van der Waals surface area (Å²) < 4.78 is 10.7. The van der Waals surface area contributed by atoms with Gasteiger partial charge < -0.3 is 15.2 Å². The third-order valence-electron chi connectivity index (χ3n) is 2.44. The number of aryl methyl sites for hydroxylation is 1. The molecule has 0 aliphatic heterocycles. The highest BCUT2D eigenvalue weighted by Gasteiger charge is 2.01. The second-order valence-electron chi connectivity index (χ2n) is 3.86. The second-order valence-corrected chi connectivity index (χ2v) is 3.86. The Kier molecular flexibility index (Phi) is 5.90. The minimum atomic E-state index is 0.523. The molecule has 3 nitrogen and oxygen atoms in total. The van der Waals surface area contributed by atoms with Crippen molar-refractivity contribution in [1.29, 1.82) is 0 Å². The van der Waals surface area contributed by atoms with E-state index in [1.807, 2.05) is 12.1 Å². The first-order valence-corrected chi connectivity index (χ1v) is 5.69. The summed E-state index contributed by atoms with van der Waals surface area (Å²) in [6.07, 6.45) is 2.03. The van der Waals surface area contributed by atoms with Crippen molar-refractivity contribution >= 4 is 0 Å². The van der Waals surface area contributed by atoms with Crippen LogP contribution in [0, 0.1) is 6.92 Å². The summed E-state index contributed by atoms with van der Waals surface area (Å²) in [5.74, 6) is 0.908. The highest BCUT2D eigenvalue weighted by Crippen LogP contribution is 2.19. The Labute approximate surface area is 97.6 Å². The van der Waals surface area contributed by atoms with E-state index < -0.39 is 0 Å². The van der Waals surface area contributed by atoms with E-state index in [1.54, 1.807) is 7.11 Å². The molecule has 0 saturated carbocycles. The van der Waals surface area contributed by atoms with Gasteiger partial charge in [0.25, 0.3) is 0 Å². The number of ether oxygens (including phenoxy) is 2. The molecule has 1 aromatic carbocycles. The Morgan fingerprint density at radius 1 is 1.19 bits per heavy atom. The molecule has 0 spiro atoms. The van der Waals surface area contributed by atoms with Crippen LogP contribution in [0.2, 0.25) is 0 Å². The number of hydrogen-bond donors (Lipinski definition) is 1. The quantitative estimate of drug-likeness (QED) is 0.721. The van der Waals surface area contributed by atoms with Gasteiger partial charge in [-0.3, -0.25) is 0 Å². The van der Waals surface area contributed by atoms with Gasteiger partial charge >= 0.3 is 0 Å². The van der Waals surface area contributed by atoms with Crippen molar-refractivity contribution in [2.45, 2.75) is 26.3 Å². The first-order chi connectivity index (χ1) is 7.77. The van der Waals surface area contributed by atoms with Gasteiger partial charge in [-0.15, -0.1) is 0 Å². The van der Waals surface area contributed by atoms with Crippen LogP contribution in [0.3, 0.4) is 0 Å². The van der Waals surface area contributed by atoms with Crippen molar-refractivity contribution in [2.24, 2.45) is 5.73 Å². The maximum absolute atomic E-state index is 5.69. The van der Waals surface area contributed by atoms with Crippen LogP contribution < -0.4 is 10.5 Å². The van der Waals surface area contributed by atoms with Gasteiger partial charge in [0.2, 0.25) is 0 Å². The molecule has 0 aliphatic rings. The van der Waals surface area contributed by atoms with Crippen molar-refractivity contribution in [3.05, 3.63) is 29.3 Å². The van der Waals surface area contributed by atoms with Crippen LogP contribution >= 0.6 is 0 Å². The Balaban J connectivity index is 2.41. The maximum atomic E-state index is 5.69. The molecular formula is C13H21NO2. The minimum Gasteiger partial charge on any atom is -0.493 e. The molecule has 90 valence electrons. The lowest BCUT2D eigenvalue weighted by Gasteiger charge is -2.10. The van der Waals surface area contributed by atoms with Gasteiger partial charge in [-0.1, -0.05) is 17.7 Å². The number of benzene rings is 1. The van der Waals surface area contributed by atoms with Crippen molar-refractivity contribution in [1.82, 2.24) is 0 Å². The fourth-order valence-corrected chi connectivity index (χ4v) is 1.54. The highest BCUT2D eigenvalue weighted by atomic mass is 16.5. The molecular weight excluding hydrogens is 202 g/mol. The Morgan fingerprint density at radius 3 is 2.62 bits per heavy atom. The third-order valence-corrected chi connectivity index (χ3v) is 2.44. The smallest absolute Gasteiger partial charge is 0.123 e. The SMILES string of the molecule is COCCCCOc1ccc(C)cc1CN. The van der Waals surface area contributed by atoms with E-state index in [1.165, 1.54) is 5.56 Å². The molecule has 2 N–H and O–H groups in total. The average Bonchev–Trinajstić information content (AvgIpc) is 2.30. The zero-order chi connectivity index (χ0) is 11.8. The molecule has 0 saturated heterocycles. The lowest BCUT2D eigenvalue weighted by molar-refractivity contribution is 0.184. The predicted molar refractivity (Wildman–Crippen MR) is 65.7 cm³/mol. The van der Waals surface area contributed by atoms with E-state index in [4.69, 9.17) is 15.2 Å². The number of methoxy groups -OCH3 is 1. The van der Waals surface area contributed by atoms with E-state index >= 15 is 0 Å². The fraction of sp³-hybridized carbons (Fsp3) is 0.538. The standard InChI is InChI=1S/C13H21NO2/c1-11-5-6-13(12(9-11)10-14)16-8-4-3-7-15-2/h5-6,9H,3-4,7-8,10,14H2,1-2H3. The number of hydrogen-bond acceptors (Lipinski definition) is 3. The third kappa shape index (κ3) is 4.21. The molecule has 0 bridgehead atoms. The van der Waals surface area contributed by atoms with E-state index in [0.29, 0.717) is 6.54 Å². The van der Waals surface area contributed by atoms with E-state index in [0.717, 1.165) is 37.4 Å². The zero-order valence-corrected chi connectivity index (χ0v) is 10.2. The van der Waals surface area contributed by atoms with Crippen LogP contribution in [0.4, 0.5) is 0 Å². The van der Waals surface area contributed by atoms with Gasteiger partial charge in [0.1, 0.15) is 5.75 Å². The maximum Gasteiger partial charge on any atom is 0.123 e. The van der Waals surface area contributed by atoms with Gasteiger partial charge in [-0.05, 0) is 25.8 Å². The van der Waals surface area contributed by atoms with Crippen LogP contribution in [0.1, 0.15) is 24.0 Å². The summed E-state index contributed by atoms with van der Waals surface area (Å²) in [6.45, 7) is 4.09. The second kappa shape index (κ2) is 7.25. The van der Waals surface area contributed by atoms with Gasteiger partial charge in [0, 0.05) is 25.8 Å². The summed E-state index contributed by atoms with van der Waals surface area (Å²) in [5, 5.41) is 0. The predicted octanol–water partition coefficient (Wildman–Crippen LogP) is 2.26. The van der Waals surface area contributed by atoms with E-state index in [-0.39, 0.29) is 0 Å². The van der Waals surface area contributed by atoms with Gasteiger partial charge in [0.05, 0.1) is 6.61 Å². The van der Waals surface area contributed by atoms with Crippen molar-refractivity contribution < 1.29 is 9.47 Å². The van der Waals surface area contributed by atoms with Crippen LogP contribution in [-0.2, 0) is 11.3 Å². The molecule has 3 heteroatoms. The molecule has 0 fully saturated rings. The van der Waals surface area contributed by atoms with Gasteiger partial charge in [-0.2, -0.15) is 0 Å². The van der Waals surface area contributed by atoms with Crippen molar-refractivity contribution in [3.63, 3.8) is 0 Å². The molecule has 0 atom stereocenters. The lowest BCUT2D eigenvalue weighted by atomic mass is 10.1. The van der Waals surface area contributed by atoms with Crippen LogP contribution in [0.15, 0.2) is 18.2 Å². The molecule has 0 unspecified atom stereocenters. The van der Waals surface area contributed by atoms with E-state index in [2.05, 4.69) is 13.0 Å². The first-order valence-electron chi connectivity index (χ1n) is 5.69. The number of unbranched alkanes of at least 4 members (excludes halogenated alkanes) is 1. The molecule has 0 heterocycles. The van der Waals surface area contributed by atoms with Crippen LogP contribution in [0.5, 0.6) is 5.75 Å². The molecule has 0 aromatic heterocycles. The van der Waals surface area contributed by atoms with Gasteiger partial charge in [0.15, 0.2) is 0 Å². The Bertz CT molecular complexity index is 313. The molecule has 1 rings (SSSR count). The summed E-state index contributed by atoms with van der Waals surface area (Å²) in [4.78, 5) is 0. The first kappa shape index (κ1) is 13.0. The Morgan fingerprint density at radius 2 is 1.94 bits per heavy atom. The van der Waals surface area contributed by atoms with Crippen LogP contribution in [-0.4, -0.2) is 20.3 Å². The topological polar surface area (TPSA) is 44.5 Å². The molecule has 16 heavy (non-hydrogen) atoms. The summed E-state index contributed by atoms with van der Waals surface area (Å²) in [7, 11) is 1.72. The minimum absolute atomic E-state index is 0.523. The monoisotopic (exact) mass is 223 g/mol.